The molecule has 0 radical (unpaired) electrons. The molecule has 4 saturated carbocycles. The van der Waals surface area contributed by atoms with Crippen LogP contribution in [-0.4, -0.2) is 11.5 Å². The van der Waals surface area contributed by atoms with Gasteiger partial charge in [0.25, 0.3) is 0 Å². The zero-order valence-electron chi connectivity index (χ0n) is 20.5. The van der Waals surface area contributed by atoms with Crippen molar-refractivity contribution in [3.05, 3.63) is 0 Å². The van der Waals surface area contributed by atoms with Crippen molar-refractivity contribution in [2.75, 3.05) is 6.26 Å². The molecule has 0 heterocycles. The number of rotatable bonds is 6. The van der Waals surface area contributed by atoms with Gasteiger partial charge in [0.05, 0.1) is 0 Å². The van der Waals surface area contributed by atoms with Crippen LogP contribution < -0.4 is 0 Å². The Kier molecular flexibility index (Phi) is 6.77. The largest absolute Gasteiger partial charge is 0.162 e. The van der Waals surface area contributed by atoms with Crippen LogP contribution in [0.25, 0.3) is 0 Å². The second kappa shape index (κ2) is 8.71. The van der Waals surface area contributed by atoms with Gasteiger partial charge in [0, 0.05) is 5.25 Å². The van der Waals surface area contributed by atoms with Gasteiger partial charge in [-0.25, -0.2) is 0 Å². The minimum absolute atomic E-state index is 0.665. The molecule has 9 atom stereocenters. The van der Waals surface area contributed by atoms with Crippen molar-refractivity contribution >= 4 is 11.8 Å². The Labute approximate surface area is 187 Å². The summed E-state index contributed by atoms with van der Waals surface area (Å²) in [5, 5.41) is 0.959. The minimum atomic E-state index is 0.665. The van der Waals surface area contributed by atoms with E-state index in [9.17, 15) is 0 Å². The van der Waals surface area contributed by atoms with Crippen molar-refractivity contribution in [3.63, 3.8) is 0 Å². The Morgan fingerprint density at radius 3 is 2.28 bits per heavy atom. The summed E-state index contributed by atoms with van der Waals surface area (Å²) in [6.07, 6.45) is 20.6. The summed E-state index contributed by atoms with van der Waals surface area (Å²) < 4.78 is 0. The highest BCUT2D eigenvalue weighted by molar-refractivity contribution is 7.99. The van der Waals surface area contributed by atoms with Crippen molar-refractivity contribution < 1.29 is 0 Å². The lowest BCUT2D eigenvalue weighted by molar-refractivity contribution is -0.113. The van der Waals surface area contributed by atoms with Crippen LogP contribution >= 0.6 is 11.8 Å². The fourth-order valence-electron chi connectivity index (χ4n) is 9.46. The third-order valence-electron chi connectivity index (χ3n) is 11.2. The van der Waals surface area contributed by atoms with Gasteiger partial charge in [-0.2, -0.15) is 11.8 Å². The van der Waals surface area contributed by atoms with E-state index in [-0.39, 0.29) is 0 Å². The van der Waals surface area contributed by atoms with Gasteiger partial charge in [0.1, 0.15) is 0 Å². The SMILES string of the molecule is CSC1CC[C@@]2(C)C(CC[C@H]3[C@@H]4CC[C@H]([C@H](C)CCCC(C)C)[C@@]4(C)CC[C@@H]32)C1. The highest BCUT2D eigenvalue weighted by atomic mass is 32.2. The summed E-state index contributed by atoms with van der Waals surface area (Å²) >= 11 is 2.16. The monoisotopic (exact) mass is 418 g/mol. The molecule has 4 fully saturated rings. The van der Waals surface area contributed by atoms with E-state index < -0.39 is 0 Å². The van der Waals surface area contributed by atoms with E-state index >= 15 is 0 Å². The molecule has 0 aromatic rings. The van der Waals surface area contributed by atoms with E-state index in [2.05, 4.69) is 52.6 Å². The van der Waals surface area contributed by atoms with E-state index in [4.69, 9.17) is 0 Å². The van der Waals surface area contributed by atoms with Crippen LogP contribution in [0.5, 0.6) is 0 Å². The van der Waals surface area contributed by atoms with Gasteiger partial charge in [0.15, 0.2) is 0 Å². The molecule has 0 amide bonds. The Bertz CT molecular complexity index is 555. The number of thioether (sulfide) groups is 1. The first kappa shape index (κ1) is 22.5. The first-order valence-electron chi connectivity index (χ1n) is 13.3. The summed E-state index contributed by atoms with van der Waals surface area (Å²) in [4.78, 5) is 0. The molecule has 0 nitrogen and oxygen atoms in total. The molecule has 29 heavy (non-hydrogen) atoms. The summed E-state index contributed by atoms with van der Waals surface area (Å²) in [6.45, 7) is 12.9. The van der Waals surface area contributed by atoms with E-state index in [1.807, 2.05) is 0 Å². The number of hydrogen-bond donors (Lipinski definition) is 0. The smallest absolute Gasteiger partial charge is 0.00473 e. The van der Waals surface area contributed by atoms with Gasteiger partial charge < -0.3 is 0 Å². The molecule has 1 heteroatoms. The third kappa shape index (κ3) is 3.98. The van der Waals surface area contributed by atoms with Gasteiger partial charge in [-0.15, -0.1) is 0 Å². The van der Waals surface area contributed by atoms with Gasteiger partial charge in [-0.05, 0) is 116 Å². The summed E-state index contributed by atoms with van der Waals surface area (Å²) in [7, 11) is 0. The second-order valence-corrected chi connectivity index (χ2v) is 14.0. The van der Waals surface area contributed by atoms with E-state index in [0.29, 0.717) is 10.8 Å². The van der Waals surface area contributed by atoms with Gasteiger partial charge >= 0.3 is 0 Å². The molecule has 168 valence electrons. The molecule has 4 rings (SSSR count). The average Bonchev–Trinajstić information content (AvgIpc) is 3.04. The molecule has 0 saturated heterocycles. The van der Waals surface area contributed by atoms with Crippen LogP contribution in [0.1, 0.15) is 112 Å². The molecule has 0 N–H and O–H groups in total. The van der Waals surface area contributed by atoms with Crippen LogP contribution in [0.2, 0.25) is 0 Å². The van der Waals surface area contributed by atoms with Crippen LogP contribution in [0, 0.1) is 52.3 Å². The maximum atomic E-state index is 2.75. The quantitative estimate of drug-likeness (QED) is 0.415. The van der Waals surface area contributed by atoms with Gasteiger partial charge in [0.2, 0.25) is 0 Å². The summed E-state index contributed by atoms with van der Waals surface area (Å²) in [5.74, 6) is 7.04. The van der Waals surface area contributed by atoms with Crippen molar-refractivity contribution in [2.24, 2.45) is 52.3 Å². The molecule has 0 spiro atoms. The van der Waals surface area contributed by atoms with Crippen LogP contribution in [0.4, 0.5) is 0 Å². The predicted octanol–water partition coefficient (Wildman–Crippen LogP) is 8.84. The average molecular weight is 419 g/mol. The molecule has 0 bridgehead atoms. The minimum Gasteiger partial charge on any atom is -0.162 e. The summed E-state index contributed by atoms with van der Waals surface area (Å²) in [5.41, 5.74) is 1.34. The number of fused-ring (bicyclic) bond motifs is 5. The molecule has 4 aliphatic rings. The number of hydrogen-bond acceptors (Lipinski definition) is 1. The highest BCUT2D eigenvalue weighted by Gasteiger charge is 2.60. The Balaban J connectivity index is 1.45. The van der Waals surface area contributed by atoms with Gasteiger partial charge in [-0.3, -0.25) is 0 Å². The standard InChI is InChI=1S/C28H50S/c1-19(2)8-7-9-20(3)24-12-13-25-23-11-10-21-18-22(29-6)14-16-27(21,4)26(23)15-17-28(24,25)5/h19-26H,7-18H2,1-6H3/t20-,21?,22?,23+,24-,25+,26+,27+,28-/m1/s1. The molecule has 0 aromatic heterocycles. The maximum absolute atomic E-state index is 2.75. The lowest BCUT2D eigenvalue weighted by atomic mass is 9.44. The van der Waals surface area contributed by atoms with E-state index in [1.54, 1.807) is 38.5 Å². The first-order valence-corrected chi connectivity index (χ1v) is 14.6. The zero-order chi connectivity index (χ0) is 20.8. The molecule has 0 aromatic carbocycles. The summed E-state index contributed by atoms with van der Waals surface area (Å²) in [6, 6.07) is 0. The van der Waals surface area contributed by atoms with Crippen molar-refractivity contribution in [1.82, 2.24) is 0 Å². The third-order valence-corrected chi connectivity index (χ3v) is 12.2. The van der Waals surface area contributed by atoms with Crippen LogP contribution in [-0.2, 0) is 0 Å². The molecular weight excluding hydrogens is 368 g/mol. The molecule has 0 aliphatic heterocycles. The zero-order valence-corrected chi connectivity index (χ0v) is 21.3. The fraction of sp³-hybridized carbons (Fsp3) is 1.00. The van der Waals surface area contributed by atoms with Crippen molar-refractivity contribution in [3.8, 4) is 0 Å². The Hall–Kier alpha value is 0.350. The molecule has 2 unspecified atom stereocenters. The van der Waals surface area contributed by atoms with Gasteiger partial charge in [-0.1, -0.05) is 53.9 Å². The second-order valence-electron chi connectivity index (χ2n) is 12.8. The fourth-order valence-corrected chi connectivity index (χ4v) is 10.2. The topological polar surface area (TPSA) is 0 Å². The van der Waals surface area contributed by atoms with Crippen LogP contribution in [0.3, 0.4) is 0 Å². The lowest BCUT2D eigenvalue weighted by Gasteiger charge is -2.61. The van der Waals surface area contributed by atoms with Crippen molar-refractivity contribution in [2.45, 2.75) is 117 Å². The van der Waals surface area contributed by atoms with E-state index in [0.717, 1.165) is 46.7 Å². The molecule has 4 aliphatic carbocycles. The van der Waals surface area contributed by atoms with Crippen molar-refractivity contribution in [1.29, 1.82) is 0 Å². The maximum Gasteiger partial charge on any atom is 0.00473 e. The Morgan fingerprint density at radius 2 is 1.55 bits per heavy atom. The normalized spacial score (nSPS) is 48.1. The van der Waals surface area contributed by atoms with E-state index in [1.165, 1.54) is 38.5 Å². The Morgan fingerprint density at radius 1 is 0.828 bits per heavy atom. The lowest BCUT2D eigenvalue weighted by Crippen LogP contribution is -2.54. The highest BCUT2D eigenvalue weighted by Crippen LogP contribution is 2.68. The van der Waals surface area contributed by atoms with Crippen LogP contribution in [0.15, 0.2) is 0 Å². The first-order chi connectivity index (χ1) is 13.8. The predicted molar refractivity (Wildman–Crippen MR) is 130 cm³/mol. The molecular formula is C28H50S.